The SMILES string of the molecule is Cc1cccc(C(=O)N[C@@H](C(=O)N2CCCC2)C2CCN(S(=O)(=O)c3ccc(Cl)cc3)CC2)c1. The van der Waals surface area contributed by atoms with Crippen LogP contribution in [0, 0.1) is 12.8 Å². The molecule has 0 bridgehead atoms. The number of benzene rings is 2. The molecule has 0 radical (unpaired) electrons. The van der Waals surface area contributed by atoms with Crippen LogP contribution < -0.4 is 5.32 Å². The fraction of sp³-hybridized carbons (Fsp3) is 0.440. The highest BCUT2D eigenvalue weighted by Crippen LogP contribution is 2.28. The number of likely N-dealkylation sites (tertiary alicyclic amines) is 1. The van der Waals surface area contributed by atoms with Crippen molar-refractivity contribution >= 4 is 33.4 Å². The van der Waals surface area contributed by atoms with Crippen LogP contribution in [-0.4, -0.2) is 61.7 Å². The lowest BCUT2D eigenvalue weighted by atomic mass is 9.89. The molecule has 0 aliphatic carbocycles. The van der Waals surface area contributed by atoms with Gasteiger partial charge in [0.15, 0.2) is 0 Å². The first-order chi connectivity index (χ1) is 16.3. The first-order valence-corrected chi connectivity index (χ1v) is 13.5. The molecule has 2 aliphatic heterocycles. The number of carbonyl (C=O) groups is 2. The Hall–Kier alpha value is -2.42. The van der Waals surface area contributed by atoms with E-state index in [1.165, 1.54) is 16.4 Å². The normalized spacial score (nSPS) is 18.6. The molecule has 2 aromatic carbocycles. The number of hydrogen-bond acceptors (Lipinski definition) is 4. The van der Waals surface area contributed by atoms with Crippen molar-refractivity contribution in [2.24, 2.45) is 5.92 Å². The van der Waals surface area contributed by atoms with Crippen LogP contribution in [0.5, 0.6) is 0 Å². The van der Waals surface area contributed by atoms with E-state index < -0.39 is 16.1 Å². The van der Waals surface area contributed by atoms with Gasteiger partial charge in [-0.25, -0.2) is 8.42 Å². The maximum atomic E-state index is 13.4. The van der Waals surface area contributed by atoms with Crippen molar-refractivity contribution in [3.05, 3.63) is 64.7 Å². The summed E-state index contributed by atoms with van der Waals surface area (Å²) in [5.74, 6) is -0.492. The topological polar surface area (TPSA) is 86.8 Å². The number of nitrogens with one attached hydrogen (secondary N) is 1. The second-order valence-corrected chi connectivity index (χ2v) is 11.4. The Morgan fingerprint density at radius 2 is 1.65 bits per heavy atom. The van der Waals surface area contributed by atoms with Gasteiger partial charge in [0.25, 0.3) is 5.91 Å². The molecule has 2 aromatic rings. The van der Waals surface area contributed by atoms with Crippen molar-refractivity contribution in [1.82, 2.24) is 14.5 Å². The zero-order chi connectivity index (χ0) is 24.3. The van der Waals surface area contributed by atoms with Gasteiger partial charge in [0, 0.05) is 36.8 Å². The summed E-state index contributed by atoms with van der Waals surface area (Å²) in [4.78, 5) is 28.4. The van der Waals surface area contributed by atoms with Gasteiger partial charge in [-0.2, -0.15) is 4.31 Å². The number of rotatable bonds is 6. The maximum Gasteiger partial charge on any atom is 0.251 e. The minimum Gasteiger partial charge on any atom is -0.341 e. The third-order valence-corrected chi connectivity index (χ3v) is 8.84. The van der Waals surface area contributed by atoms with Gasteiger partial charge in [-0.1, -0.05) is 29.3 Å². The van der Waals surface area contributed by atoms with E-state index in [0.717, 1.165) is 18.4 Å². The molecule has 0 aromatic heterocycles. The van der Waals surface area contributed by atoms with Crippen molar-refractivity contribution in [2.45, 2.75) is 43.5 Å². The van der Waals surface area contributed by atoms with Gasteiger partial charge in [-0.05, 0) is 74.9 Å². The van der Waals surface area contributed by atoms with Crippen molar-refractivity contribution in [2.75, 3.05) is 26.2 Å². The predicted molar refractivity (Wildman–Crippen MR) is 131 cm³/mol. The molecule has 2 saturated heterocycles. The van der Waals surface area contributed by atoms with Gasteiger partial charge in [0.05, 0.1) is 4.90 Å². The van der Waals surface area contributed by atoms with Gasteiger partial charge in [-0.15, -0.1) is 0 Å². The van der Waals surface area contributed by atoms with Crippen molar-refractivity contribution in [1.29, 1.82) is 0 Å². The number of amides is 2. The highest BCUT2D eigenvalue weighted by atomic mass is 35.5. The van der Waals surface area contributed by atoms with Crippen molar-refractivity contribution in [3.8, 4) is 0 Å². The van der Waals surface area contributed by atoms with Crippen LogP contribution in [0.4, 0.5) is 0 Å². The van der Waals surface area contributed by atoms with Crippen molar-refractivity contribution in [3.63, 3.8) is 0 Å². The summed E-state index contributed by atoms with van der Waals surface area (Å²) in [6, 6.07) is 12.7. The summed E-state index contributed by atoms with van der Waals surface area (Å²) in [5.41, 5.74) is 1.48. The van der Waals surface area contributed by atoms with Crippen LogP contribution in [0.15, 0.2) is 53.4 Å². The van der Waals surface area contributed by atoms with E-state index >= 15 is 0 Å². The minimum atomic E-state index is -3.64. The van der Waals surface area contributed by atoms with E-state index in [1.807, 2.05) is 24.0 Å². The van der Waals surface area contributed by atoms with Crippen LogP contribution in [0.25, 0.3) is 0 Å². The molecular weight excluding hydrogens is 474 g/mol. The number of sulfonamides is 1. The summed E-state index contributed by atoms with van der Waals surface area (Å²) < 4.78 is 27.6. The molecule has 0 saturated carbocycles. The maximum absolute atomic E-state index is 13.4. The molecule has 2 amide bonds. The molecule has 1 atom stereocenters. The zero-order valence-electron chi connectivity index (χ0n) is 19.2. The first-order valence-electron chi connectivity index (χ1n) is 11.7. The Labute approximate surface area is 206 Å². The van der Waals surface area contributed by atoms with Crippen molar-refractivity contribution < 1.29 is 18.0 Å². The van der Waals surface area contributed by atoms with Gasteiger partial charge in [0.2, 0.25) is 15.9 Å². The van der Waals surface area contributed by atoms with Crippen LogP contribution in [0.3, 0.4) is 0 Å². The summed E-state index contributed by atoms with van der Waals surface area (Å²) >= 11 is 5.90. The molecule has 4 rings (SSSR count). The lowest BCUT2D eigenvalue weighted by Gasteiger charge is -2.36. The smallest absolute Gasteiger partial charge is 0.251 e. The first kappa shape index (κ1) is 24.7. The van der Waals surface area contributed by atoms with Gasteiger partial charge >= 0.3 is 0 Å². The Morgan fingerprint density at radius 1 is 1.00 bits per heavy atom. The third-order valence-electron chi connectivity index (χ3n) is 6.67. The Balaban J connectivity index is 1.49. The molecular formula is C25H30ClN3O4S. The summed E-state index contributed by atoms with van der Waals surface area (Å²) in [6.07, 6.45) is 2.90. The van der Waals surface area contributed by atoms with E-state index in [9.17, 15) is 18.0 Å². The van der Waals surface area contributed by atoms with Gasteiger partial charge < -0.3 is 10.2 Å². The molecule has 0 spiro atoms. The molecule has 9 heteroatoms. The van der Waals surface area contributed by atoms with E-state index in [0.29, 0.717) is 49.6 Å². The standard InChI is InChI=1S/C25H30ClN3O4S/c1-18-5-4-6-20(17-18)24(30)27-23(25(31)28-13-2-3-14-28)19-11-15-29(16-12-19)34(32,33)22-9-7-21(26)8-10-22/h4-10,17,19,23H,2-3,11-16H2,1H3,(H,27,30)/t23-/m1/s1. The molecule has 1 N–H and O–H groups in total. The lowest BCUT2D eigenvalue weighted by Crippen LogP contribution is -2.54. The van der Waals surface area contributed by atoms with E-state index in [2.05, 4.69) is 5.32 Å². The van der Waals surface area contributed by atoms with Gasteiger partial charge in [0.1, 0.15) is 6.04 Å². The summed E-state index contributed by atoms with van der Waals surface area (Å²) in [6.45, 7) is 3.89. The van der Waals surface area contributed by atoms with E-state index in [4.69, 9.17) is 11.6 Å². The number of halogens is 1. The summed E-state index contributed by atoms with van der Waals surface area (Å²) in [5, 5.41) is 3.46. The Bertz CT molecular complexity index is 1140. The molecule has 7 nitrogen and oxygen atoms in total. The Kier molecular flexibility index (Phi) is 7.60. The molecule has 2 fully saturated rings. The Morgan fingerprint density at radius 3 is 2.26 bits per heavy atom. The molecule has 0 unspecified atom stereocenters. The molecule has 34 heavy (non-hydrogen) atoms. The third kappa shape index (κ3) is 5.45. The fourth-order valence-electron chi connectivity index (χ4n) is 4.73. The van der Waals surface area contributed by atoms with E-state index in [1.54, 1.807) is 24.3 Å². The predicted octanol–water partition coefficient (Wildman–Crippen LogP) is 3.47. The zero-order valence-corrected chi connectivity index (χ0v) is 20.8. The number of carbonyl (C=O) groups excluding carboxylic acids is 2. The average Bonchev–Trinajstić information content (AvgIpc) is 3.37. The van der Waals surface area contributed by atoms with Crippen LogP contribution in [0.2, 0.25) is 5.02 Å². The number of hydrogen-bond donors (Lipinski definition) is 1. The van der Waals surface area contributed by atoms with Crippen LogP contribution in [0.1, 0.15) is 41.6 Å². The number of piperidine rings is 1. The second-order valence-electron chi connectivity index (χ2n) is 9.05. The number of aryl methyl sites for hydroxylation is 1. The second kappa shape index (κ2) is 10.5. The minimum absolute atomic E-state index is 0.0717. The molecule has 2 aliphatic rings. The lowest BCUT2D eigenvalue weighted by molar-refractivity contribution is -0.133. The fourth-order valence-corrected chi connectivity index (χ4v) is 6.33. The van der Waals surface area contributed by atoms with Crippen LogP contribution in [-0.2, 0) is 14.8 Å². The highest BCUT2D eigenvalue weighted by Gasteiger charge is 2.38. The molecule has 2 heterocycles. The highest BCUT2D eigenvalue weighted by molar-refractivity contribution is 7.89. The monoisotopic (exact) mass is 503 g/mol. The quantitative estimate of drug-likeness (QED) is 0.654. The molecule has 182 valence electrons. The van der Waals surface area contributed by atoms with Gasteiger partial charge in [-0.3, -0.25) is 9.59 Å². The largest absolute Gasteiger partial charge is 0.341 e. The summed E-state index contributed by atoms with van der Waals surface area (Å²) in [7, 11) is -3.64. The average molecular weight is 504 g/mol. The van der Waals surface area contributed by atoms with E-state index in [-0.39, 0.29) is 22.6 Å². The van der Waals surface area contributed by atoms with Crippen LogP contribution >= 0.6 is 11.6 Å². The number of nitrogens with zero attached hydrogens (tertiary/aromatic N) is 2.